The van der Waals surface area contributed by atoms with Gasteiger partial charge in [-0.25, -0.2) is 0 Å². The maximum atomic E-state index is 11.5. The third kappa shape index (κ3) is 2.38. The molecule has 15 heavy (non-hydrogen) atoms. The van der Waals surface area contributed by atoms with Crippen molar-refractivity contribution >= 4 is 17.3 Å². The van der Waals surface area contributed by atoms with Crippen molar-refractivity contribution in [2.45, 2.75) is 26.9 Å². The molecule has 0 saturated heterocycles. The highest BCUT2D eigenvalue weighted by Crippen LogP contribution is 2.37. The van der Waals surface area contributed by atoms with Crippen molar-refractivity contribution in [3.63, 3.8) is 0 Å². The SMILES string of the molecule is COC(=O)C(C)(C)C(O)c1ccc(C)s1. The summed E-state index contributed by atoms with van der Waals surface area (Å²) in [6.45, 7) is 5.32. The van der Waals surface area contributed by atoms with Crippen LogP contribution in [0, 0.1) is 12.3 Å². The van der Waals surface area contributed by atoms with Crippen LogP contribution in [0.2, 0.25) is 0 Å². The number of aryl methyl sites for hydroxylation is 1. The Balaban J connectivity index is 2.93. The maximum Gasteiger partial charge on any atom is 0.314 e. The highest BCUT2D eigenvalue weighted by atomic mass is 32.1. The molecule has 1 rings (SSSR count). The van der Waals surface area contributed by atoms with E-state index in [1.165, 1.54) is 18.4 Å². The molecule has 0 aliphatic rings. The fourth-order valence-corrected chi connectivity index (χ4v) is 2.38. The van der Waals surface area contributed by atoms with E-state index < -0.39 is 17.5 Å². The second-order valence-electron chi connectivity index (χ2n) is 4.06. The van der Waals surface area contributed by atoms with Crippen molar-refractivity contribution in [2.24, 2.45) is 5.41 Å². The van der Waals surface area contributed by atoms with Crippen molar-refractivity contribution < 1.29 is 14.6 Å². The minimum absolute atomic E-state index is 0.402. The van der Waals surface area contributed by atoms with E-state index in [1.807, 2.05) is 19.1 Å². The number of ether oxygens (including phenoxy) is 1. The van der Waals surface area contributed by atoms with Crippen LogP contribution >= 0.6 is 11.3 Å². The van der Waals surface area contributed by atoms with Crippen LogP contribution in [0.25, 0.3) is 0 Å². The summed E-state index contributed by atoms with van der Waals surface area (Å²) < 4.78 is 4.67. The molecule has 0 aromatic carbocycles. The first kappa shape index (κ1) is 12.2. The van der Waals surface area contributed by atoms with Crippen LogP contribution in [-0.2, 0) is 9.53 Å². The molecule has 84 valence electrons. The van der Waals surface area contributed by atoms with Gasteiger partial charge in [-0.2, -0.15) is 0 Å². The molecule has 1 aromatic heterocycles. The summed E-state index contributed by atoms with van der Waals surface area (Å²) in [5.41, 5.74) is -0.911. The summed E-state index contributed by atoms with van der Waals surface area (Å²) in [6, 6.07) is 3.77. The predicted molar refractivity (Wildman–Crippen MR) is 59.8 cm³/mol. The lowest BCUT2D eigenvalue weighted by Crippen LogP contribution is -2.32. The number of aliphatic hydroxyl groups excluding tert-OH is 1. The smallest absolute Gasteiger partial charge is 0.314 e. The maximum absolute atomic E-state index is 11.5. The molecular formula is C11H16O3S. The molecule has 0 radical (unpaired) electrons. The van der Waals surface area contributed by atoms with Crippen LogP contribution in [0.1, 0.15) is 29.7 Å². The first-order valence-electron chi connectivity index (χ1n) is 4.72. The van der Waals surface area contributed by atoms with E-state index in [2.05, 4.69) is 4.74 Å². The van der Waals surface area contributed by atoms with Crippen LogP contribution in [0.4, 0.5) is 0 Å². The second kappa shape index (κ2) is 4.33. The van der Waals surface area contributed by atoms with Crippen LogP contribution < -0.4 is 0 Å². The number of thiophene rings is 1. The average Bonchev–Trinajstić information content (AvgIpc) is 2.62. The largest absolute Gasteiger partial charge is 0.469 e. The van der Waals surface area contributed by atoms with Crippen molar-refractivity contribution in [1.29, 1.82) is 0 Å². The first-order valence-corrected chi connectivity index (χ1v) is 5.54. The van der Waals surface area contributed by atoms with Crippen LogP contribution in [0.5, 0.6) is 0 Å². The number of hydrogen-bond acceptors (Lipinski definition) is 4. The number of rotatable bonds is 3. The molecule has 0 aliphatic carbocycles. The number of methoxy groups -OCH3 is 1. The van der Waals surface area contributed by atoms with Gasteiger partial charge in [-0.05, 0) is 32.9 Å². The van der Waals surface area contributed by atoms with Crippen LogP contribution in [-0.4, -0.2) is 18.2 Å². The molecule has 0 aliphatic heterocycles. The molecule has 1 N–H and O–H groups in total. The third-order valence-electron chi connectivity index (χ3n) is 2.43. The summed E-state index contributed by atoms with van der Waals surface area (Å²) in [6.07, 6.45) is -0.816. The fourth-order valence-electron chi connectivity index (χ4n) is 1.33. The van der Waals surface area contributed by atoms with Gasteiger partial charge in [-0.15, -0.1) is 11.3 Å². The van der Waals surface area contributed by atoms with Crippen molar-refractivity contribution in [1.82, 2.24) is 0 Å². The number of carbonyl (C=O) groups is 1. The minimum atomic E-state index is -0.911. The number of carbonyl (C=O) groups excluding carboxylic acids is 1. The summed E-state index contributed by atoms with van der Waals surface area (Å²) in [4.78, 5) is 13.4. The van der Waals surface area contributed by atoms with Crippen LogP contribution in [0.15, 0.2) is 12.1 Å². The third-order valence-corrected chi connectivity index (χ3v) is 3.48. The fraction of sp³-hybridized carbons (Fsp3) is 0.545. The quantitative estimate of drug-likeness (QED) is 0.807. The Hall–Kier alpha value is -0.870. The Bertz CT molecular complexity index is 354. The molecule has 4 heteroatoms. The van der Waals surface area contributed by atoms with Gasteiger partial charge in [0.15, 0.2) is 0 Å². The van der Waals surface area contributed by atoms with E-state index in [0.717, 1.165) is 9.75 Å². The number of hydrogen-bond donors (Lipinski definition) is 1. The molecule has 0 amide bonds. The summed E-state index contributed by atoms with van der Waals surface area (Å²) in [5, 5.41) is 10.1. The molecule has 0 fully saturated rings. The molecule has 3 nitrogen and oxygen atoms in total. The monoisotopic (exact) mass is 228 g/mol. The van der Waals surface area contributed by atoms with Gasteiger partial charge in [0, 0.05) is 9.75 Å². The zero-order chi connectivity index (χ0) is 11.6. The lowest BCUT2D eigenvalue weighted by Gasteiger charge is -2.26. The van der Waals surface area contributed by atoms with Gasteiger partial charge in [0.1, 0.15) is 6.10 Å². The standard InChI is InChI=1S/C11H16O3S/c1-7-5-6-8(15-7)9(12)11(2,3)10(13)14-4/h5-6,9,12H,1-4H3. The van der Waals surface area contributed by atoms with Crippen molar-refractivity contribution in [2.75, 3.05) is 7.11 Å². The van der Waals surface area contributed by atoms with Crippen LogP contribution in [0.3, 0.4) is 0 Å². The van der Waals surface area contributed by atoms with Crippen molar-refractivity contribution in [3.8, 4) is 0 Å². The number of esters is 1. The normalized spacial score (nSPS) is 13.7. The predicted octanol–water partition coefficient (Wildman–Crippen LogP) is 2.29. The Morgan fingerprint density at radius 1 is 1.53 bits per heavy atom. The van der Waals surface area contributed by atoms with Gasteiger partial charge in [-0.3, -0.25) is 4.79 Å². The van der Waals surface area contributed by atoms with E-state index in [1.54, 1.807) is 13.8 Å². The van der Waals surface area contributed by atoms with E-state index in [-0.39, 0.29) is 0 Å². The van der Waals surface area contributed by atoms with Gasteiger partial charge in [0.25, 0.3) is 0 Å². The van der Waals surface area contributed by atoms with Crippen molar-refractivity contribution in [3.05, 3.63) is 21.9 Å². The summed E-state index contributed by atoms with van der Waals surface area (Å²) in [5.74, 6) is -0.402. The molecule has 0 bridgehead atoms. The molecule has 0 spiro atoms. The molecule has 1 atom stereocenters. The van der Waals surface area contributed by atoms with E-state index in [0.29, 0.717) is 0 Å². The Labute approximate surface area is 93.7 Å². The summed E-state index contributed by atoms with van der Waals surface area (Å²) >= 11 is 1.49. The Morgan fingerprint density at radius 2 is 2.13 bits per heavy atom. The Morgan fingerprint density at radius 3 is 2.53 bits per heavy atom. The van der Waals surface area contributed by atoms with Gasteiger partial charge >= 0.3 is 5.97 Å². The zero-order valence-electron chi connectivity index (χ0n) is 9.40. The molecule has 1 heterocycles. The highest BCUT2D eigenvalue weighted by molar-refractivity contribution is 7.12. The van der Waals surface area contributed by atoms with Gasteiger partial charge in [0.05, 0.1) is 12.5 Å². The van der Waals surface area contributed by atoms with E-state index in [4.69, 9.17) is 0 Å². The molecule has 1 unspecified atom stereocenters. The Kier molecular flexibility index (Phi) is 3.52. The average molecular weight is 228 g/mol. The van der Waals surface area contributed by atoms with E-state index >= 15 is 0 Å². The molecular weight excluding hydrogens is 212 g/mol. The highest BCUT2D eigenvalue weighted by Gasteiger charge is 2.38. The second-order valence-corrected chi connectivity index (χ2v) is 5.38. The number of aliphatic hydroxyl groups is 1. The zero-order valence-corrected chi connectivity index (χ0v) is 10.2. The topological polar surface area (TPSA) is 46.5 Å². The minimum Gasteiger partial charge on any atom is -0.469 e. The molecule has 0 saturated carbocycles. The van der Waals surface area contributed by atoms with Gasteiger partial charge < -0.3 is 9.84 Å². The summed E-state index contributed by atoms with van der Waals surface area (Å²) in [7, 11) is 1.33. The first-order chi connectivity index (χ1) is 6.89. The van der Waals surface area contributed by atoms with Gasteiger partial charge in [-0.1, -0.05) is 0 Å². The molecule has 1 aromatic rings. The van der Waals surface area contributed by atoms with E-state index in [9.17, 15) is 9.90 Å². The van der Waals surface area contributed by atoms with Gasteiger partial charge in [0.2, 0.25) is 0 Å². The lowest BCUT2D eigenvalue weighted by atomic mass is 9.86. The lowest BCUT2D eigenvalue weighted by molar-refractivity contribution is -0.157.